The maximum atomic E-state index is 12.5. The summed E-state index contributed by atoms with van der Waals surface area (Å²) in [4.78, 5) is 10.7. The summed E-state index contributed by atoms with van der Waals surface area (Å²) in [6.45, 7) is -0.125. The number of hydrogen-bond donors (Lipinski definition) is 1. The van der Waals surface area contributed by atoms with Gasteiger partial charge < -0.3 is 5.11 Å². The van der Waals surface area contributed by atoms with Crippen LogP contribution in [0.4, 0.5) is 13.2 Å². The highest BCUT2D eigenvalue weighted by molar-refractivity contribution is 7.91. The molecule has 0 aromatic carbocycles. The summed E-state index contributed by atoms with van der Waals surface area (Å²) >= 11 is 0.595. The molecule has 1 rings (SSSR count). The van der Waals surface area contributed by atoms with E-state index in [2.05, 4.69) is 0 Å². The van der Waals surface area contributed by atoms with E-state index in [0.29, 0.717) is 22.1 Å². The number of hydrogen-bond acceptors (Lipinski definition) is 4. The second kappa shape index (κ2) is 6.75. The van der Waals surface area contributed by atoms with Gasteiger partial charge in [0.2, 0.25) is 0 Å². The Kier molecular flexibility index (Phi) is 5.76. The minimum Gasteiger partial charge on any atom is -0.478 e. The molecule has 0 saturated heterocycles. The Morgan fingerprint density at radius 1 is 1.43 bits per heavy atom. The summed E-state index contributed by atoms with van der Waals surface area (Å²) in [5, 5.41) is 9.83. The largest absolute Gasteiger partial charge is 0.478 e. The van der Waals surface area contributed by atoms with Crippen LogP contribution in [-0.2, 0) is 10.0 Å². The summed E-state index contributed by atoms with van der Waals surface area (Å²) in [5.74, 6) is -1.33. The second-order valence-corrected chi connectivity index (χ2v) is 7.34. The monoisotopic (exact) mass is 345 g/mol. The van der Waals surface area contributed by atoms with Gasteiger partial charge in [0.25, 0.3) is 10.0 Å². The number of sulfonamides is 1. The van der Waals surface area contributed by atoms with Crippen molar-refractivity contribution >= 4 is 27.3 Å². The number of carboxylic acid groups (broad SMARTS) is 1. The molecule has 0 aliphatic rings. The quantitative estimate of drug-likeness (QED) is 0.825. The van der Waals surface area contributed by atoms with Gasteiger partial charge >= 0.3 is 12.1 Å². The molecule has 0 aliphatic heterocycles. The summed E-state index contributed by atoms with van der Waals surface area (Å²) < 4.78 is 61.9. The molecule has 0 aliphatic carbocycles. The van der Waals surface area contributed by atoms with Crippen molar-refractivity contribution in [1.29, 1.82) is 0 Å². The molecule has 0 bridgehead atoms. The van der Waals surface area contributed by atoms with Crippen molar-refractivity contribution in [3.63, 3.8) is 0 Å². The van der Waals surface area contributed by atoms with E-state index in [0.717, 1.165) is 11.4 Å². The molecule has 5 nitrogen and oxygen atoms in total. The molecule has 10 heteroatoms. The molecular formula is C11H14F3NO4S2. The number of thiophene rings is 1. The van der Waals surface area contributed by atoms with Crippen LogP contribution >= 0.6 is 11.3 Å². The zero-order chi connectivity index (χ0) is 16.3. The van der Waals surface area contributed by atoms with E-state index in [1.807, 2.05) is 0 Å². The van der Waals surface area contributed by atoms with Gasteiger partial charge in [0.1, 0.15) is 10.8 Å². The fourth-order valence-electron chi connectivity index (χ4n) is 1.51. The van der Waals surface area contributed by atoms with Crippen molar-refractivity contribution in [1.82, 2.24) is 4.31 Å². The minimum absolute atomic E-state index is 0.263. The number of unbranched alkanes of at least 4 members (excludes halogenated alkanes) is 1. The average molecular weight is 345 g/mol. The van der Waals surface area contributed by atoms with E-state index in [-0.39, 0.29) is 18.5 Å². The molecule has 0 fully saturated rings. The maximum Gasteiger partial charge on any atom is 0.402 e. The molecule has 1 heterocycles. The number of alkyl halides is 3. The Morgan fingerprint density at radius 2 is 2.05 bits per heavy atom. The zero-order valence-electron chi connectivity index (χ0n) is 11.1. The van der Waals surface area contributed by atoms with Gasteiger partial charge in [0, 0.05) is 11.9 Å². The van der Waals surface area contributed by atoms with Gasteiger partial charge in [-0.1, -0.05) is 13.3 Å². The van der Waals surface area contributed by atoms with E-state index in [1.54, 1.807) is 6.92 Å². The average Bonchev–Trinajstić information content (AvgIpc) is 2.83. The fraction of sp³-hybridized carbons (Fsp3) is 0.545. The zero-order valence-corrected chi connectivity index (χ0v) is 12.7. The lowest BCUT2D eigenvalue weighted by molar-refractivity contribution is -0.136. The van der Waals surface area contributed by atoms with Crippen LogP contribution in [0.1, 0.15) is 30.1 Å². The van der Waals surface area contributed by atoms with Crippen molar-refractivity contribution in [2.24, 2.45) is 0 Å². The molecule has 0 saturated carbocycles. The van der Waals surface area contributed by atoms with Gasteiger partial charge in [0.15, 0.2) is 0 Å². The van der Waals surface area contributed by atoms with Crippen LogP contribution in [0.25, 0.3) is 0 Å². The molecule has 1 aromatic heterocycles. The van der Waals surface area contributed by atoms with Crippen LogP contribution in [0.3, 0.4) is 0 Å². The lowest BCUT2D eigenvalue weighted by atomic mass is 10.3. The Morgan fingerprint density at radius 3 is 2.48 bits per heavy atom. The number of carbonyl (C=O) groups is 1. The Labute approximate surface area is 124 Å². The van der Waals surface area contributed by atoms with Crippen molar-refractivity contribution in [2.75, 3.05) is 13.1 Å². The highest BCUT2D eigenvalue weighted by Crippen LogP contribution is 2.27. The second-order valence-electron chi connectivity index (χ2n) is 4.27. The number of nitrogens with zero attached hydrogens (tertiary/aromatic N) is 1. The molecule has 0 amide bonds. The highest BCUT2D eigenvalue weighted by Gasteiger charge is 2.37. The fourth-order valence-corrected chi connectivity index (χ4v) is 4.28. The van der Waals surface area contributed by atoms with Crippen LogP contribution in [0.5, 0.6) is 0 Å². The molecule has 0 spiro atoms. The first-order valence-electron chi connectivity index (χ1n) is 5.96. The Bertz CT molecular complexity index is 595. The van der Waals surface area contributed by atoms with Gasteiger partial charge in [-0.2, -0.15) is 17.5 Å². The van der Waals surface area contributed by atoms with E-state index in [4.69, 9.17) is 5.11 Å². The van der Waals surface area contributed by atoms with Crippen molar-refractivity contribution in [3.8, 4) is 0 Å². The summed E-state index contributed by atoms with van der Waals surface area (Å²) in [7, 11) is -4.35. The van der Waals surface area contributed by atoms with E-state index in [9.17, 15) is 26.4 Å². The summed E-state index contributed by atoms with van der Waals surface area (Å²) in [5.41, 5.74) is -0.263. The first kappa shape index (κ1) is 17.9. The SMILES string of the molecule is CCCCN(CC(F)(F)F)S(=O)(=O)c1cc(C(=O)O)cs1. The molecule has 0 radical (unpaired) electrons. The van der Waals surface area contributed by atoms with E-state index >= 15 is 0 Å². The lowest BCUT2D eigenvalue weighted by Gasteiger charge is -2.22. The number of carboxylic acids is 1. The Balaban J connectivity index is 3.09. The first-order valence-corrected chi connectivity index (χ1v) is 8.28. The minimum atomic E-state index is -4.66. The maximum absolute atomic E-state index is 12.5. The predicted molar refractivity (Wildman–Crippen MR) is 71.0 cm³/mol. The van der Waals surface area contributed by atoms with E-state index in [1.165, 1.54) is 0 Å². The number of rotatable bonds is 7. The standard InChI is InChI=1S/C11H14F3NO4S2/c1-2-3-4-15(7-11(12,13)14)21(18,19)9-5-8(6-20-9)10(16)17/h5-6H,2-4,7H2,1H3,(H,16,17). The molecule has 21 heavy (non-hydrogen) atoms. The molecule has 1 N–H and O–H groups in total. The third-order valence-corrected chi connectivity index (χ3v) is 5.79. The first-order chi connectivity index (χ1) is 9.58. The third-order valence-electron chi connectivity index (χ3n) is 2.53. The molecule has 0 unspecified atom stereocenters. The number of halogens is 3. The molecule has 1 aromatic rings. The van der Waals surface area contributed by atoms with Gasteiger partial charge in [-0.15, -0.1) is 11.3 Å². The van der Waals surface area contributed by atoms with E-state index < -0.39 is 32.9 Å². The summed E-state index contributed by atoms with van der Waals surface area (Å²) in [6, 6.07) is 0.873. The lowest BCUT2D eigenvalue weighted by Crippen LogP contribution is -2.39. The normalized spacial score (nSPS) is 12.8. The van der Waals surface area contributed by atoms with Crippen LogP contribution in [0.15, 0.2) is 15.7 Å². The Hall–Kier alpha value is -1.13. The number of aromatic carboxylic acids is 1. The smallest absolute Gasteiger partial charge is 0.402 e. The summed E-state index contributed by atoms with van der Waals surface area (Å²) in [6.07, 6.45) is -3.84. The highest BCUT2D eigenvalue weighted by atomic mass is 32.2. The van der Waals surface area contributed by atoms with Crippen LogP contribution < -0.4 is 0 Å². The van der Waals surface area contributed by atoms with Crippen LogP contribution in [0.2, 0.25) is 0 Å². The van der Waals surface area contributed by atoms with Gasteiger partial charge in [-0.05, 0) is 12.5 Å². The molecule has 0 atom stereocenters. The van der Waals surface area contributed by atoms with Crippen LogP contribution in [0, 0.1) is 0 Å². The third kappa shape index (κ3) is 4.97. The topological polar surface area (TPSA) is 74.7 Å². The van der Waals surface area contributed by atoms with Crippen molar-refractivity contribution < 1.29 is 31.5 Å². The molecule has 120 valence electrons. The van der Waals surface area contributed by atoms with Crippen molar-refractivity contribution in [3.05, 3.63) is 17.0 Å². The van der Waals surface area contributed by atoms with Crippen molar-refractivity contribution in [2.45, 2.75) is 30.2 Å². The van der Waals surface area contributed by atoms with Gasteiger partial charge in [-0.25, -0.2) is 13.2 Å². The van der Waals surface area contributed by atoms with Gasteiger partial charge in [-0.3, -0.25) is 0 Å². The predicted octanol–water partition coefficient (Wildman–Crippen LogP) is 2.80. The van der Waals surface area contributed by atoms with Gasteiger partial charge in [0.05, 0.1) is 5.56 Å². The van der Waals surface area contributed by atoms with Crippen LogP contribution in [-0.4, -0.2) is 43.1 Å². The molecular weight excluding hydrogens is 331 g/mol.